The van der Waals surface area contributed by atoms with Crippen LogP contribution in [0.5, 0.6) is 5.88 Å². The van der Waals surface area contributed by atoms with Crippen molar-refractivity contribution in [3.63, 3.8) is 0 Å². The minimum absolute atomic E-state index is 0.0435. The van der Waals surface area contributed by atoms with Gasteiger partial charge in [0.1, 0.15) is 18.2 Å². The van der Waals surface area contributed by atoms with E-state index < -0.39 is 5.82 Å². The lowest BCUT2D eigenvalue weighted by molar-refractivity contribution is -0.0592. The van der Waals surface area contributed by atoms with Crippen molar-refractivity contribution < 1.29 is 23.4 Å². The maximum atomic E-state index is 14.3. The number of hydrogen-bond acceptors (Lipinski definition) is 8. The van der Waals surface area contributed by atoms with Crippen molar-refractivity contribution in [3.8, 4) is 11.9 Å². The van der Waals surface area contributed by atoms with Crippen molar-refractivity contribution >= 4 is 17.0 Å². The van der Waals surface area contributed by atoms with E-state index >= 15 is 0 Å². The number of aryl methyl sites for hydroxylation is 1. The standard InChI is InChI=1S/C31H33FN6O4/c1-20-16-38(35-30(20)42-19-23-4-3-21(15-33)13-26(23)32)24-7-10-36(11-8-24)18-29-34-27-6-5-22(31(39)40-2)14-28(27)37(29)17-25-9-12-41-25/h3-6,13-14,16,24-25H,7-12,17-19H2,1-2H3. The number of halogens is 1. The van der Waals surface area contributed by atoms with Crippen molar-refractivity contribution in [1.29, 1.82) is 5.26 Å². The lowest BCUT2D eigenvalue weighted by Crippen LogP contribution is -2.36. The lowest BCUT2D eigenvalue weighted by atomic mass is 10.1. The molecule has 2 saturated heterocycles. The monoisotopic (exact) mass is 572 g/mol. The van der Waals surface area contributed by atoms with E-state index in [4.69, 9.17) is 24.5 Å². The van der Waals surface area contributed by atoms with E-state index in [1.54, 1.807) is 18.2 Å². The second kappa shape index (κ2) is 11.9. The summed E-state index contributed by atoms with van der Waals surface area (Å²) in [5.41, 5.74) is 3.83. The minimum Gasteiger partial charge on any atom is -0.471 e. The Kier molecular flexibility index (Phi) is 7.91. The zero-order chi connectivity index (χ0) is 29.2. The third kappa shape index (κ3) is 5.73. The Morgan fingerprint density at radius 1 is 1.19 bits per heavy atom. The number of esters is 1. The van der Waals surface area contributed by atoms with E-state index in [9.17, 15) is 9.18 Å². The van der Waals surface area contributed by atoms with Gasteiger partial charge in [-0.2, -0.15) is 5.26 Å². The quantitative estimate of drug-likeness (QED) is 0.269. The fraction of sp³-hybridized carbons (Fsp3) is 0.419. The molecule has 2 aliphatic rings. The molecule has 1 unspecified atom stereocenters. The summed E-state index contributed by atoms with van der Waals surface area (Å²) in [4.78, 5) is 19.5. The normalized spacial score (nSPS) is 17.6. The van der Waals surface area contributed by atoms with Crippen LogP contribution in [0.3, 0.4) is 0 Å². The second-order valence-corrected chi connectivity index (χ2v) is 10.9. The molecule has 0 bridgehead atoms. The molecule has 2 aliphatic heterocycles. The molecule has 11 heteroatoms. The summed E-state index contributed by atoms with van der Waals surface area (Å²) in [6, 6.07) is 12.0. The number of rotatable bonds is 9. The molecule has 42 heavy (non-hydrogen) atoms. The van der Waals surface area contributed by atoms with Crippen LogP contribution in [0.15, 0.2) is 42.6 Å². The number of aromatic nitrogens is 4. The number of fused-ring (bicyclic) bond motifs is 1. The summed E-state index contributed by atoms with van der Waals surface area (Å²) in [5, 5.41) is 13.6. The third-order valence-electron chi connectivity index (χ3n) is 8.14. The van der Waals surface area contributed by atoms with Crippen molar-refractivity contribution in [3.05, 3.63) is 76.5 Å². The van der Waals surface area contributed by atoms with Gasteiger partial charge in [0, 0.05) is 37.0 Å². The lowest BCUT2D eigenvalue weighted by Gasteiger charge is -2.32. The number of ether oxygens (including phenoxy) is 3. The zero-order valence-corrected chi connectivity index (χ0v) is 23.8. The first-order valence-corrected chi connectivity index (χ1v) is 14.2. The summed E-state index contributed by atoms with van der Waals surface area (Å²) in [5.74, 6) is 0.620. The van der Waals surface area contributed by atoms with Gasteiger partial charge in [-0.05, 0) is 56.5 Å². The highest BCUT2D eigenvalue weighted by atomic mass is 19.1. The number of nitrogens with zero attached hydrogens (tertiary/aromatic N) is 6. The molecule has 2 fully saturated rings. The Bertz CT molecular complexity index is 1650. The van der Waals surface area contributed by atoms with Crippen molar-refractivity contribution in [2.75, 3.05) is 26.8 Å². The van der Waals surface area contributed by atoms with E-state index in [2.05, 4.69) is 14.6 Å². The highest BCUT2D eigenvalue weighted by molar-refractivity contribution is 5.93. The Morgan fingerprint density at radius 3 is 2.69 bits per heavy atom. The Balaban J connectivity index is 1.11. The van der Waals surface area contributed by atoms with Crippen LogP contribution in [0.4, 0.5) is 4.39 Å². The van der Waals surface area contributed by atoms with Gasteiger partial charge >= 0.3 is 5.97 Å². The average Bonchev–Trinajstić information content (AvgIpc) is 3.52. The van der Waals surface area contributed by atoms with E-state index in [0.717, 1.165) is 61.4 Å². The summed E-state index contributed by atoms with van der Waals surface area (Å²) < 4.78 is 34.9. The van der Waals surface area contributed by atoms with Crippen LogP contribution in [-0.2, 0) is 29.2 Å². The molecule has 0 saturated carbocycles. The van der Waals surface area contributed by atoms with Crippen molar-refractivity contribution in [2.45, 2.75) is 58.0 Å². The number of hydrogen-bond donors (Lipinski definition) is 0. The highest BCUT2D eigenvalue weighted by Gasteiger charge is 2.26. The highest BCUT2D eigenvalue weighted by Crippen LogP contribution is 2.28. The van der Waals surface area contributed by atoms with Crippen LogP contribution in [0.25, 0.3) is 11.0 Å². The SMILES string of the molecule is COC(=O)c1ccc2nc(CN3CCC(n4cc(C)c(OCc5ccc(C#N)cc5F)n4)CC3)n(CC3CCO3)c2c1. The average molecular weight is 573 g/mol. The Morgan fingerprint density at radius 2 is 2.00 bits per heavy atom. The summed E-state index contributed by atoms with van der Waals surface area (Å²) >= 11 is 0. The number of nitriles is 1. The summed E-state index contributed by atoms with van der Waals surface area (Å²) in [6.07, 6.45) is 4.99. The largest absolute Gasteiger partial charge is 0.471 e. The van der Waals surface area contributed by atoms with Gasteiger partial charge in [-0.1, -0.05) is 6.07 Å². The molecule has 2 aromatic heterocycles. The van der Waals surface area contributed by atoms with Gasteiger partial charge in [0.05, 0.1) is 60.6 Å². The maximum Gasteiger partial charge on any atom is 0.337 e. The Hall–Kier alpha value is -4.27. The zero-order valence-electron chi connectivity index (χ0n) is 23.8. The minimum atomic E-state index is -0.462. The molecule has 218 valence electrons. The molecule has 1 atom stereocenters. The molecule has 0 amide bonds. The topological polar surface area (TPSA) is 107 Å². The molecular weight excluding hydrogens is 539 g/mol. The molecule has 0 aliphatic carbocycles. The van der Waals surface area contributed by atoms with Crippen LogP contribution in [0, 0.1) is 24.1 Å². The van der Waals surface area contributed by atoms with Crippen LogP contribution in [0.2, 0.25) is 0 Å². The van der Waals surface area contributed by atoms with Gasteiger partial charge < -0.3 is 18.8 Å². The fourth-order valence-electron chi connectivity index (χ4n) is 5.59. The first-order chi connectivity index (χ1) is 20.4. The number of benzene rings is 2. The van der Waals surface area contributed by atoms with E-state index in [0.29, 0.717) is 30.1 Å². The summed E-state index contributed by atoms with van der Waals surface area (Å²) in [7, 11) is 1.39. The molecule has 0 N–H and O–H groups in total. The number of carbonyl (C=O) groups is 1. The van der Waals surface area contributed by atoms with E-state index in [1.165, 1.54) is 13.2 Å². The summed E-state index contributed by atoms with van der Waals surface area (Å²) in [6.45, 7) is 5.92. The number of piperidine rings is 1. The van der Waals surface area contributed by atoms with Crippen molar-refractivity contribution in [2.24, 2.45) is 0 Å². The van der Waals surface area contributed by atoms with Crippen LogP contribution >= 0.6 is 0 Å². The predicted molar refractivity (Wildman–Crippen MR) is 151 cm³/mol. The molecule has 0 spiro atoms. The molecule has 10 nitrogen and oxygen atoms in total. The molecule has 4 heterocycles. The second-order valence-electron chi connectivity index (χ2n) is 10.9. The third-order valence-corrected chi connectivity index (χ3v) is 8.14. The first-order valence-electron chi connectivity index (χ1n) is 14.2. The van der Waals surface area contributed by atoms with Gasteiger partial charge in [-0.3, -0.25) is 9.58 Å². The maximum absolute atomic E-state index is 14.3. The molecule has 2 aromatic carbocycles. The number of methoxy groups -OCH3 is 1. The van der Waals surface area contributed by atoms with Gasteiger partial charge in [0.15, 0.2) is 0 Å². The van der Waals surface area contributed by atoms with Gasteiger partial charge in [0.25, 0.3) is 0 Å². The van der Waals surface area contributed by atoms with Gasteiger partial charge in [-0.15, -0.1) is 5.10 Å². The fourth-order valence-corrected chi connectivity index (χ4v) is 5.59. The van der Waals surface area contributed by atoms with Crippen LogP contribution in [-0.4, -0.2) is 63.1 Å². The van der Waals surface area contributed by atoms with Crippen LogP contribution < -0.4 is 4.74 Å². The van der Waals surface area contributed by atoms with E-state index in [1.807, 2.05) is 36.0 Å². The van der Waals surface area contributed by atoms with Gasteiger partial charge in [-0.25, -0.2) is 14.2 Å². The van der Waals surface area contributed by atoms with Crippen LogP contribution in [0.1, 0.15) is 58.2 Å². The number of likely N-dealkylation sites (tertiary alicyclic amines) is 1. The first kappa shape index (κ1) is 27.9. The smallest absolute Gasteiger partial charge is 0.337 e. The molecule has 6 rings (SSSR count). The number of imidazole rings is 1. The predicted octanol–water partition coefficient (Wildman–Crippen LogP) is 4.54. The molecule has 0 radical (unpaired) electrons. The molecule has 4 aromatic rings. The van der Waals surface area contributed by atoms with Crippen molar-refractivity contribution in [1.82, 2.24) is 24.2 Å². The Labute approximate surface area is 243 Å². The molecular formula is C31H33FN6O4. The van der Waals surface area contributed by atoms with Gasteiger partial charge in [0.2, 0.25) is 5.88 Å². The van der Waals surface area contributed by atoms with E-state index in [-0.39, 0.29) is 30.3 Å². The number of carbonyl (C=O) groups excluding carboxylic acids is 1.